The third-order valence-electron chi connectivity index (χ3n) is 5.21. The van der Waals surface area contributed by atoms with Crippen LogP contribution in [0.25, 0.3) is 11.2 Å². The largest absolute Gasteiger partial charge is 0.305 e. The molecule has 1 saturated carbocycles. The van der Waals surface area contributed by atoms with Gasteiger partial charge in [-0.3, -0.25) is 9.20 Å². The first-order valence-corrected chi connectivity index (χ1v) is 9.70. The summed E-state index contributed by atoms with van der Waals surface area (Å²) in [6.07, 6.45) is 8.35. The summed E-state index contributed by atoms with van der Waals surface area (Å²) in [6.45, 7) is 5.85. The summed E-state index contributed by atoms with van der Waals surface area (Å²) in [6, 6.07) is 0. The van der Waals surface area contributed by atoms with Crippen molar-refractivity contribution in [2.75, 3.05) is 0 Å². The predicted octanol–water partition coefficient (Wildman–Crippen LogP) is 3.97. The second-order valence-corrected chi connectivity index (χ2v) is 7.83. The highest BCUT2D eigenvalue weighted by atomic mass is 35.5. The first-order chi connectivity index (χ1) is 12.4. The minimum absolute atomic E-state index is 0.0313. The van der Waals surface area contributed by atoms with E-state index in [0.29, 0.717) is 28.7 Å². The molecule has 1 N–H and O–H groups in total. The molecule has 26 heavy (non-hydrogen) atoms. The van der Waals surface area contributed by atoms with Crippen molar-refractivity contribution in [3.63, 3.8) is 0 Å². The Morgan fingerprint density at radius 1 is 1.42 bits per heavy atom. The highest BCUT2D eigenvalue weighted by Crippen LogP contribution is 2.44. The highest BCUT2D eigenvalue weighted by Gasteiger charge is 2.29. The van der Waals surface area contributed by atoms with Crippen molar-refractivity contribution in [2.45, 2.75) is 58.8 Å². The van der Waals surface area contributed by atoms with Gasteiger partial charge in [-0.15, -0.1) is 5.47 Å². The van der Waals surface area contributed by atoms with Gasteiger partial charge in [0.1, 0.15) is 13.5 Å². The van der Waals surface area contributed by atoms with Crippen LogP contribution in [0, 0.1) is 5.41 Å². The molecule has 1 aliphatic rings. The molecule has 3 rings (SSSR count). The second-order valence-electron chi connectivity index (χ2n) is 7.43. The molecule has 0 amide bonds. The summed E-state index contributed by atoms with van der Waals surface area (Å²) >= 11 is 6.70. The fourth-order valence-electron chi connectivity index (χ4n) is 3.84. The van der Waals surface area contributed by atoms with E-state index in [0.717, 1.165) is 47.0 Å². The maximum atomic E-state index is 12.9. The third-order valence-corrected chi connectivity index (χ3v) is 5.50. The lowest BCUT2D eigenvalue weighted by molar-refractivity contribution is 0.420. The lowest BCUT2D eigenvalue weighted by Gasteiger charge is -2.30. The van der Waals surface area contributed by atoms with Gasteiger partial charge in [0, 0.05) is 34.8 Å². The zero-order valence-corrected chi connectivity index (χ0v) is 16.7. The molecular weight excluding hydrogens is 345 g/mol. The molecule has 0 radical (unpaired) electrons. The van der Waals surface area contributed by atoms with E-state index in [1.54, 1.807) is 23.7 Å². The van der Waals surface area contributed by atoms with E-state index in [-0.39, 0.29) is 5.56 Å². The molecule has 0 aromatic carbocycles. The average molecular weight is 370 g/mol. The molecule has 2 aromatic rings. The van der Waals surface area contributed by atoms with E-state index >= 15 is 0 Å². The molecule has 1 fully saturated rings. The van der Waals surface area contributed by atoms with Gasteiger partial charge in [-0.05, 0) is 37.7 Å². The van der Waals surface area contributed by atoms with Crippen molar-refractivity contribution in [3.8, 4) is 0 Å². The molecule has 0 saturated heterocycles. The number of nitrogens with one attached hydrogen (secondary N) is 1. The average Bonchev–Trinajstić information content (AvgIpc) is 2.51. The maximum absolute atomic E-state index is 12.9. The van der Waals surface area contributed by atoms with Crippen LogP contribution in [-0.4, -0.2) is 22.9 Å². The molecule has 0 bridgehead atoms. The van der Waals surface area contributed by atoms with E-state index < -0.39 is 0 Å². The number of allylic oxidation sites excluding steroid dienone is 2. The Labute approximate surface area is 160 Å². The summed E-state index contributed by atoms with van der Waals surface area (Å²) in [5.74, 6) is 0.344. The number of aromatic nitrogens is 2. The summed E-state index contributed by atoms with van der Waals surface area (Å²) in [5.41, 5.74) is 5.71. The normalized spacial score (nSPS) is 15.7. The first-order valence-electron chi connectivity index (χ1n) is 9.32. The Bertz CT molecular complexity index is 969. The van der Waals surface area contributed by atoms with Gasteiger partial charge in [0.05, 0.1) is 5.02 Å². The number of hydrogen-bond acceptors (Lipinski definition) is 3. The van der Waals surface area contributed by atoms with Gasteiger partial charge >= 0.3 is 0 Å². The van der Waals surface area contributed by atoms with Crippen molar-refractivity contribution < 1.29 is 0 Å². The van der Waals surface area contributed by atoms with Gasteiger partial charge in [-0.25, -0.2) is 4.98 Å². The van der Waals surface area contributed by atoms with Crippen molar-refractivity contribution in [1.29, 1.82) is 5.41 Å². The van der Waals surface area contributed by atoms with Gasteiger partial charge < -0.3 is 5.41 Å². The summed E-state index contributed by atoms with van der Waals surface area (Å²) < 4.78 is 1.62. The Hall–Kier alpha value is -1.88. The molecule has 4 nitrogen and oxygen atoms in total. The second kappa shape index (κ2) is 7.39. The first kappa shape index (κ1) is 18.9. The number of hydrogen-bond donors (Lipinski definition) is 1. The monoisotopic (exact) mass is 369 g/mol. The molecule has 0 spiro atoms. The van der Waals surface area contributed by atoms with Crippen molar-refractivity contribution in [1.82, 2.24) is 9.38 Å². The fraction of sp³-hybridized carbons (Fsp3) is 0.450. The molecular formula is C20H25BClN3O. The van der Waals surface area contributed by atoms with Gasteiger partial charge in [-0.1, -0.05) is 38.3 Å². The number of aryl methyl sites for hydroxylation is 1. The van der Waals surface area contributed by atoms with Crippen LogP contribution in [0.3, 0.4) is 0 Å². The SMILES string of the molecule is B/C(C)=C(\C(C)=N)c1c(Cl)cn2c(=O)c(CCC)cnc2c1C1CCC1. The zero-order chi connectivity index (χ0) is 19.0. The predicted molar refractivity (Wildman–Crippen MR) is 112 cm³/mol. The number of pyridine rings is 1. The van der Waals surface area contributed by atoms with Crippen LogP contribution in [0.5, 0.6) is 0 Å². The standard InChI is InChI=1S/C20H25BClN3O/c1-4-6-14-9-24-19-17(13-7-5-8-13)18(16(11(2)21)12(3)23)15(22)10-25(19)20(14)26/h9-10,13,23H,4-8,21H2,1-3H3/b16-11+,23-12?. The third kappa shape index (κ3) is 3.13. The number of fused-ring (bicyclic) bond motifs is 1. The number of halogens is 1. The lowest BCUT2D eigenvalue weighted by Crippen LogP contribution is -2.23. The molecule has 2 aromatic heterocycles. The lowest BCUT2D eigenvalue weighted by atomic mass is 9.75. The van der Waals surface area contributed by atoms with Crippen LogP contribution < -0.4 is 5.56 Å². The molecule has 2 heterocycles. The molecule has 0 aliphatic heterocycles. The summed E-state index contributed by atoms with van der Waals surface area (Å²) in [5, 5.41) is 8.79. The van der Waals surface area contributed by atoms with Crippen LogP contribution in [-0.2, 0) is 6.42 Å². The summed E-state index contributed by atoms with van der Waals surface area (Å²) in [7, 11) is 2.00. The molecule has 1 aliphatic carbocycles. The van der Waals surface area contributed by atoms with Crippen molar-refractivity contribution in [2.24, 2.45) is 0 Å². The van der Waals surface area contributed by atoms with E-state index in [1.165, 1.54) is 6.42 Å². The van der Waals surface area contributed by atoms with Crippen LogP contribution in [0.2, 0.25) is 5.02 Å². The minimum Gasteiger partial charge on any atom is -0.305 e. The van der Waals surface area contributed by atoms with Crippen LogP contribution in [0.15, 0.2) is 22.7 Å². The topological polar surface area (TPSA) is 58.2 Å². The smallest absolute Gasteiger partial charge is 0.261 e. The Balaban J connectivity index is 2.41. The van der Waals surface area contributed by atoms with E-state index in [4.69, 9.17) is 17.0 Å². The Kier molecular flexibility index (Phi) is 5.38. The van der Waals surface area contributed by atoms with Crippen molar-refractivity contribution >= 4 is 36.4 Å². The number of rotatable bonds is 5. The van der Waals surface area contributed by atoms with Crippen molar-refractivity contribution in [3.05, 3.63) is 49.9 Å². The molecule has 0 unspecified atom stereocenters. The zero-order valence-electron chi connectivity index (χ0n) is 15.9. The van der Waals surface area contributed by atoms with E-state index in [2.05, 4.69) is 11.9 Å². The minimum atomic E-state index is -0.0313. The van der Waals surface area contributed by atoms with E-state index in [9.17, 15) is 4.79 Å². The fourth-order valence-corrected chi connectivity index (χ4v) is 4.13. The van der Waals surface area contributed by atoms with Gasteiger partial charge in [0.15, 0.2) is 0 Å². The quantitative estimate of drug-likeness (QED) is 0.640. The van der Waals surface area contributed by atoms with Crippen LogP contribution >= 0.6 is 11.6 Å². The maximum Gasteiger partial charge on any atom is 0.261 e. The van der Waals surface area contributed by atoms with Gasteiger partial charge in [0.25, 0.3) is 5.56 Å². The highest BCUT2D eigenvalue weighted by molar-refractivity contribution is 6.39. The van der Waals surface area contributed by atoms with Gasteiger partial charge in [0.2, 0.25) is 0 Å². The summed E-state index contributed by atoms with van der Waals surface area (Å²) in [4.78, 5) is 17.6. The number of nitrogens with zero attached hydrogens (tertiary/aromatic N) is 2. The van der Waals surface area contributed by atoms with Gasteiger partial charge in [-0.2, -0.15) is 0 Å². The Morgan fingerprint density at radius 2 is 2.12 bits per heavy atom. The molecule has 0 atom stereocenters. The van der Waals surface area contributed by atoms with Crippen LogP contribution in [0.1, 0.15) is 69.1 Å². The molecule has 6 heteroatoms. The Morgan fingerprint density at radius 3 is 2.62 bits per heavy atom. The van der Waals surface area contributed by atoms with Crippen LogP contribution in [0.4, 0.5) is 0 Å². The van der Waals surface area contributed by atoms with E-state index in [1.807, 2.05) is 14.8 Å². The molecule has 136 valence electrons.